The van der Waals surface area contributed by atoms with Gasteiger partial charge in [-0.2, -0.15) is 5.10 Å². The van der Waals surface area contributed by atoms with E-state index in [-0.39, 0.29) is 18.4 Å². The molecule has 0 saturated heterocycles. The number of ether oxygens (including phenoxy) is 1. The van der Waals surface area contributed by atoms with Crippen LogP contribution in [0.15, 0.2) is 54.7 Å². The van der Waals surface area contributed by atoms with Gasteiger partial charge in [0, 0.05) is 44.2 Å². The van der Waals surface area contributed by atoms with Crippen LogP contribution in [0.25, 0.3) is 11.1 Å². The Kier molecular flexibility index (Phi) is 6.36. The zero-order chi connectivity index (χ0) is 21.7. The van der Waals surface area contributed by atoms with Gasteiger partial charge < -0.3 is 20.3 Å². The molecule has 0 atom stereocenters. The van der Waals surface area contributed by atoms with Crippen LogP contribution in [0, 0.1) is 0 Å². The minimum atomic E-state index is -0.198. The molecule has 2 amide bonds. The Bertz CT molecular complexity index is 1020. The molecule has 0 spiro atoms. The summed E-state index contributed by atoms with van der Waals surface area (Å²) in [5.74, 6) is 1.21. The molecule has 0 fully saturated rings. The van der Waals surface area contributed by atoms with Crippen LogP contribution < -0.4 is 20.3 Å². The first-order valence-corrected chi connectivity index (χ1v) is 9.42. The largest absolute Gasteiger partial charge is 0.497 e. The summed E-state index contributed by atoms with van der Waals surface area (Å²) in [5.41, 5.74) is 3.23. The van der Waals surface area contributed by atoms with Crippen molar-refractivity contribution in [1.82, 2.24) is 9.78 Å². The number of aromatic nitrogens is 2. The maximum absolute atomic E-state index is 12.5. The Morgan fingerprint density at radius 1 is 1.00 bits per heavy atom. The highest BCUT2D eigenvalue weighted by molar-refractivity contribution is 5.92. The van der Waals surface area contributed by atoms with Gasteiger partial charge >= 0.3 is 0 Å². The van der Waals surface area contributed by atoms with E-state index in [4.69, 9.17) is 4.74 Å². The standard InChI is InChI=1S/C22H25N5O3/c1-15(28)23-17-7-9-18(10-8-17)24-21(29)14-27-13-20(22(25-27)26(2)3)16-5-11-19(30-4)12-6-16/h5-13H,14H2,1-4H3,(H,23,28)(H,24,29). The summed E-state index contributed by atoms with van der Waals surface area (Å²) in [5, 5.41) is 10.1. The maximum atomic E-state index is 12.5. The second-order valence-electron chi connectivity index (χ2n) is 6.99. The van der Waals surface area contributed by atoms with Gasteiger partial charge in [-0.05, 0) is 42.0 Å². The van der Waals surface area contributed by atoms with Crippen molar-refractivity contribution < 1.29 is 14.3 Å². The number of rotatable bonds is 7. The highest BCUT2D eigenvalue weighted by Gasteiger charge is 2.15. The van der Waals surface area contributed by atoms with E-state index in [2.05, 4.69) is 15.7 Å². The van der Waals surface area contributed by atoms with Gasteiger partial charge in [0.25, 0.3) is 0 Å². The number of hydrogen-bond donors (Lipinski definition) is 2. The molecule has 0 bridgehead atoms. The fourth-order valence-corrected chi connectivity index (χ4v) is 2.98. The number of amides is 2. The molecule has 8 nitrogen and oxygen atoms in total. The molecule has 0 aliphatic heterocycles. The minimum absolute atomic E-state index is 0.0739. The number of benzene rings is 2. The summed E-state index contributed by atoms with van der Waals surface area (Å²) < 4.78 is 6.84. The zero-order valence-electron chi connectivity index (χ0n) is 17.5. The number of methoxy groups -OCH3 is 1. The Balaban J connectivity index is 1.72. The van der Waals surface area contributed by atoms with Crippen LogP contribution in [0.5, 0.6) is 5.75 Å². The van der Waals surface area contributed by atoms with Crippen molar-refractivity contribution in [3.05, 3.63) is 54.7 Å². The van der Waals surface area contributed by atoms with Gasteiger partial charge in [-0.25, -0.2) is 0 Å². The fraction of sp³-hybridized carbons (Fsp3) is 0.227. The average Bonchev–Trinajstić information content (AvgIpc) is 3.13. The highest BCUT2D eigenvalue weighted by atomic mass is 16.5. The van der Waals surface area contributed by atoms with Gasteiger partial charge in [0.1, 0.15) is 12.3 Å². The van der Waals surface area contributed by atoms with Crippen LogP contribution in [-0.2, 0) is 16.1 Å². The number of nitrogens with zero attached hydrogens (tertiary/aromatic N) is 3. The molecular formula is C22H25N5O3. The first-order valence-electron chi connectivity index (χ1n) is 9.42. The number of nitrogens with one attached hydrogen (secondary N) is 2. The second kappa shape index (κ2) is 9.13. The summed E-state index contributed by atoms with van der Waals surface area (Å²) in [6.45, 7) is 1.52. The second-order valence-corrected chi connectivity index (χ2v) is 6.99. The molecule has 2 N–H and O–H groups in total. The number of hydrogen-bond acceptors (Lipinski definition) is 5. The molecule has 0 saturated carbocycles. The molecule has 0 aliphatic rings. The third-order valence-corrected chi connectivity index (χ3v) is 4.36. The van der Waals surface area contributed by atoms with E-state index in [0.717, 1.165) is 22.7 Å². The number of anilines is 3. The van der Waals surface area contributed by atoms with E-state index in [9.17, 15) is 9.59 Å². The smallest absolute Gasteiger partial charge is 0.246 e. The van der Waals surface area contributed by atoms with Gasteiger partial charge in [-0.1, -0.05) is 12.1 Å². The van der Waals surface area contributed by atoms with E-state index in [1.807, 2.05) is 49.5 Å². The molecule has 0 radical (unpaired) electrons. The van der Waals surface area contributed by atoms with Crippen molar-refractivity contribution in [2.75, 3.05) is 36.7 Å². The van der Waals surface area contributed by atoms with Gasteiger partial charge in [0.2, 0.25) is 11.8 Å². The van der Waals surface area contributed by atoms with Gasteiger partial charge in [0.15, 0.2) is 5.82 Å². The molecule has 0 unspecified atom stereocenters. The van der Waals surface area contributed by atoms with Gasteiger partial charge in [0.05, 0.1) is 7.11 Å². The lowest BCUT2D eigenvalue weighted by Crippen LogP contribution is -2.19. The van der Waals surface area contributed by atoms with E-state index in [1.165, 1.54) is 6.92 Å². The maximum Gasteiger partial charge on any atom is 0.246 e. The first kappa shape index (κ1) is 20.9. The lowest BCUT2D eigenvalue weighted by molar-refractivity contribution is -0.117. The SMILES string of the molecule is COc1ccc(-c2cn(CC(=O)Nc3ccc(NC(C)=O)cc3)nc2N(C)C)cc1. The van der Waals surface area contributed by atoms with Crippen molar-refractivity contribution in [3.63, 3.8) is 0 Å². The van der Waals surface area contributed by atoms with Crippen molar-refractivity contribution in [2.24, 2.45) is 0 Å². The van der Waals surface area contributed by atoms with Crippen molar-refractivity contribution in [1.29, 1.82) is 0 Å². The molecule has 1 heterocycles. The monoisotopic (exact) mass is 407 g/mol. The van der Waals surface area contributed by atoms with Crippen LogP contribution in [0.1, 0.15) is 6.92 Å². The average molecular weight is 407 g/mol. The summed E-state index contributed by atoms with van der Waals surface area (Å²) in [6, 6.07) is 14.6. The molecule has 2 aromatic carbocycles. The van der Waals surface area contributed by atoms with E-state index in [0.29, 0.717) is 11.4 Å². The Hall–Kier alpha value is -3.81. The summed E-state index contributed by atoms with van der Waals surface area (Å²) >= 11 is 0. The molecule has 1 aromatic heterocycles. The predicted molar refractivity (Wildman–Crippen MR) is 118 cm³/mol. The Morgan fingerprint density at radius 3 is 2.13 bits per heavy atom. The Labute approximate surface area is 175 Å². The van der Waals surface area contributed by atoms with E-state index >= 15 is 0 Å². The van der Waals surface area contributed by atoms with Crippen LogP contribution in [0.4, 0.5) is 17.2 Å². The highest BCUT2D eigenvalue weighted by Crippen LogP contribution is 2.30. The molecule has 3 rings (SSSR count). The lowest BCUT2D eigenvalue weighted by Gasteiger charge is -2.11. The summed E-state index contributed by atoms with van der Waals surface area (Å²) in [6.07, 6.45) is 1.86. The third kappa shape index (κ3) is 5.16. The van der Waals surface area contributed by atoms with Crippen molar-refractivity contribution >= 4 is 29.0 Å². The minimum Gasteiger partial charge on any atom is -0.497 e. The van der Waals surface area contributed by atoms with Crippen molar-refractivity contribution in [3.8, 4) is 16.9 Å². The third-order valence-electron chi connectivity index (χ3n) is 4.36. The van der Waals surface area contributed by atoms with E-state index in [1.54, 1.807) is 36.1 Å². The van der Waals surface area contributed by atoms with Gasteiger partial charge in [-0.15, -0.1) is 0 Å². The molecule has 156 valence electrons. The van der Waals surface area contributed by atoms with Crippen LogP contribution in [0.2, 0.25) is 0 Å². The van der Waals surface area contributed by atoms with Gasteiger partial charge in [-0.3, -0.25) is 14.3 Å². The van der Waals surface area contributed by atoms with E-state index < -0.39 is 0 Å². The number of carbonyl (C=O) groups excluding carboxylic acids is 2. The molecule has 8 heteroatoms. The van der Waals surface area contributed by atoms with Crippen molar-refractivity contribution in [2.45, 2.75) is 13.5 Å². The number of carbonyl (C=O) groups is 2. The molecular weight excluding hydrogens is 382 g/mol. The summed E-state index contributed by atoms with van der Waals surface area (Å²) in [7, 11) is 5.46. The lowest BCUT2D eigenvalue weighted by atomic mass is 10.1. The Morgan fingerprint density at radius 2 is 1.60 bits per heavy atom. The molecule has 30 heavy (non-hydrogen) atoms. The summed E-state index contributed by atoms with van der Waals surface area (Å²) in [4.78, 5) is 25.5. The molecule has 0 aliphatic carbocycles. The first-order chi connectivity index (χ1) is 14.4. The van der Waals surface area contributed by atoms with Crippen LogP contribution in [0.3, 0.4) is 0 Å². The topological polar surface area (TPSA) is 88.5 Å². The zero-order valence-corrected chi connectivity index (χ0v) is 17.5. The van der Waals surface area contributed by atoms with Crippen LogP contribution in [-0.4, -0.2) is 42.8 Å². The predicted octanol–water partition coefficient (Wildman–Crippen LogP) is 3.22. The quantitative estimate of drug-likeness (QED) is 0.628. The normalized spacial score (nSPS) is 10.4. The van der Waals surface area contributed by atoms with Crippen LogP contribution >= 0.6 is 0 Å². The molecule has 3 aromatic rings. The fourth-order valence-electron chi connectivity index (χ4n) is 2.98.